The highest BCUT2D eigenvalue weighted by molar-refractivity contribution is 6.30. The predicted molar refractivity (Wildman–Crippen MR) is 89.6 cm³/mol. The molecule has 126 valence electrons. The van der Waals surface area contributed by atoms with E-state index in [9.17, 15) is 9.59 Å². The molecule has 1 saturated heterocycles. The Kier molecular flexibility index (Phi) is 5.65. The third-order valence-corrected chi connectivity index (χ3v) is 4.44. The summed E-state index contributed by atoms with van der Waals surface area (Å²) in [5, 5.41) is 0.607. The normalized spacial score (nSPS) is 16.2. The van der Waals surface area contributed by atoms with Crippen LogP contribution in [0.15, 0.2) is 24.3 Å². The van der Waals surface area contributed by atoms with Gasteiger partial charge in [-0.2, -0.15) is 0 Å². The summed E-state index contributed by atoms with van der Waals surface area (Å²) >= 11 is 5.86. The monoisotopic (exact) mass is 338 g/mol. The minimum Gasteiger partial charge on any atom is -0.369 e. The van der Waals surface area contributed by atoms with Crippen molar-refractivity contribution in [2.45, 2.75) is 25.9 Å². The van der Waals surface area contributed by atoms with Gasteiger partial charge < -0.3 is 14.5 Å². The van der Waals surface area contributed by atoms with Crippen molar-refractivity contribution in [2.24, 2.45) is 0 Å². The molecule has 0 spiro atoms. The summed E-state index contributed by atoms with van der Waals surface area (Å²) in [4.78, 5) is 28.6. The SMILES string of the molecule is COC(C)(C)C(=O)N1CCCN(C(=O)c2ccc(Cl)cc2)CC1. The first-order valence-electron chi connectivity index (χ1n) is 7.74. The molecule has 1 aliphatic heterocycles. The van der Waals surface area contributed by atoms with Crippen LogP contribution >= 0.6 is 11.6 Å². The molecule has 0 radical (unpaired) electrons. The molecular weight excluding hydrogens is 316 g/mol. The first-order valence-corrected chi connectivity index (χ1v) is 8.12. The lowest BCUT2D eigenvalue weighted by Crippen LogP contribution is -2.47. The van der Waals surface area contributed by atoms with E-state index in [1.165, 1.54) is 7.11 Å². The van der Waals surface area contributed by atoms with E-state index in [4.69, 9.17) is 16.3 Å². The first-order chi connectivity index (χ1) is 10.8. The van der Waals surface area contributed by atoms with Gasteiger partial charge in [0.15, 0.2) is 0 Å². The molecule has 5 nitrogen and oxygen atoms in total. The molecule has 1 aromatic carbocycles. The number of rotatable bonds is 3. The molecule has 1 aromatic rings. The molecule has 0 N–H and O–H groups in total. The van der Waals surface area contributed by atoms with Gasteiger partial charge in [0.1, 0.15) is 5.60 Å². The van der Waals surface area contributed by atoms with E-state index in [2.05, 4.69) is 0 Å². The van der Waals surface area contributed by atoms with Crippen molar-refractivity contribution in [3.8, 4) is 0 Å². The zero-order chi connectivity index (χ0) is 17.0. The second-order valence-electron chi connectivity index (χ2n) is 6.16. The predicted octanol–water partition coefficient (Wildman–Crippen LogP) is 2.44. The maximum absolute atomic E-state index is 12.5. The molecule has 2 rings (SSSR count). The maximum atomic E-state index is 12.5. The van der Waals surface area contributed by atoms with Gasteiger partial charge in [0.2, 0.25) is 0 Å². The van der Waals surface area contributed by atoms with Crippen LogP contribution in [-0.2, 0) is 9.53 Å². The second-order valence-corrected chi connectivity index (χ2v) is 6.60. The number of hydrogen-bond donors (Lipinski definition) is 0. The molecule has 6 heteroatoms. The van der Waals surface area contributed by atoms with Gasteiger partial charge in [-0.25, -0.2) is 0 Å². The average Bonchev–Trinajstić information content (AvgIpc) is 2.80. The maximum Gasteiger partial charge on any atom is 0.254 e. The molecule has 0 atom stereocenters. The Morgan fingerprint density at radius 2 is 1.61 bits per heavy atom. The van der Waals surface area contributed by atoms with Crippen molar-refractivity contribution in [2.75, 3.05) is 33.3 Å². The molecule has 23 heavy (non-hydrogen) atoms. The van der Waals surface area contributed by atoms with Gasteiger partial charge in [0, 0.05) is 43.9 Å². The molecule has 0 aromatic heterocycles. The van der Waals surface area contributed by atoms with Crippen LogP contribution in [0.3, 0.4) is 0 Å². The van der Waals surface area contributed by atoms with Gasteiger partial charge in [-0.3, -0.25) is 9.59 Å². The summed E-state index contributed by atoms with van der Waals surface area (Å²) in [6.45, 7) is 5.83. The van der Waals surface area contributed by atoms with Gasteiger partial charge >= 0.3 is 0 Å². The zero-order valence-electron chi connectivity index (χ0n) is 13.8. The third-order valence-electron chi connectivity index (χ3n) is 4.19. The minimum absolute atomic E-state index is 0.0260. The number of amides is 2. The topological polar surface area (TPSA) is 49.9 Å². The summed E-state index contributed by atoms with van der Waals surface area (Å²) in [5.41, 5.74) is -0.221. The standard InChI is InChI=1S/C17H23ClN2O3/c1-17(2,23-3)16(22)20-10-4-9-19(11-12-20)15(21)13-5-7-14(18)8-6-13/h5-8H,4,9-12H2,1-3H3. The smallest absolute Gasteiger partial charge is 0.254 e. The molecule has 2 amide bonds. The van der Waals surface area contributed by atoms with E-state index >= 15 is 0 Å². The highest BCUT2D eigenvalue weighted by atomic mass is 35.5. The van der Waals surface area contributed by atoms with E-state index in [0.717, 1.165) is 6.42 Å². The summed E-state index contributed by atoms with van der Waals surface area (Å²) in [7, 11) is 1.53. The van der Waals surface area contributed by atoms with Crippen molar-refractivity contribution in [3.63, 3.8) is 0 Å². The van der Waals surface area contributed by atoms with Gasteiger partial charge in [-0.1, -0.05) is 11.6 Å². The number of halogens is 1. The summed E-state index contributed by atoms with van der Waals surface area (Å²) in [6, 6.07) is 6.88. The third kappa shape index (κ3) is 4.24. The van der Waals surface area contributed by atoms with Crippen molar-refractivity contribution in [3.05, 3.63) is 34.9 Å². The number of ether oxygens (including phenoxy) is 1. The first kappa shape index (κ1) is 17.8. The lowest BCUT2D eigenvalue weighted by Gasteiger charge is -2.30. The number of benzene rings is 1. The number of hydrogen-bond acceptors (Lipinski definition) is 3. The fourth-order valence-electron chi connectivity index (χ4n) is 2.57. The Morgan fingerprint density at radius 3 is 2.22 bits per heavy atom. The van der Waals surface area contributed by atoms with Crippen LogP contribution < -0.4 is 0 Å². The lowest BCUT2D eigenvalue weighted by molar-refractivity contribution is -0.150. The second kappa shape index (κ2) is 7.32. The highest BCUT2D eigenvalue weighted by Crippen LogP contribution is 2.16. The van der Waals surface area contributed by atoms with Gasteiger partial charge in [0.05, 0.1) is 0 Å². The Hall–Kier alpha value is -1.59. The van der Waals surface area contributed by atoms with E-state index in [-0.39, 0.29) is 11.8 Å². The fourth-order valence-corrected chi connectivity index (χ4v) is 2.69. The van der Waals surface area contributed by atoms with E-state index in [0.29, 0.717) is 36.8 Å². The van der Waals surface area contributed by atoms with Crippen LogP contribution in [-0.4, -0.2) is 60.5 Å². The van der Waals surface area contributed by atoms with Crippen LogP contribution in [0.5, 0.6) is 0 Å². The summed E-state index contributed by atoms with van der Waals surface area (Å²) in [6.07, 6.45) is 0.755. The number of carbonyl (C=O) groups excluding carboxylic acids is 2. The Balaban J connectivity index is 2.02. The minimum atomic E-state index is -0.838. The molecule has 1 aliphatic rings. The van der Waals surface area contributed by atoms with Crippen LogP contribution in [0.2, 0.25) is 5.02 Å². The van der Waals surface area contributed by atoms with Crippen LogP contribution in [0, 0.1) is 0 Å². The number of methoxy groups -OCH3 is 1. The van der Waals surface area contributed by atoms with Crippen molar-refractivity contribution < 1.29 is 14.3 Å². The summed E-state index contributed by atoms with van der Waals surface area (Å²) in [5.74, 6) is -0.0669. The van der Waals surface area contributed by atoms with Crippen molar-refractivity contribution in [1.29, 1.82) is 0 Å². The Morgan fingerprint density at radius 1 is 1.04 bits per heavy atom. The van der Waals surface area contributed by atoms with Gasteiger partial charge in [-0.05, 0) is 44.5 Å². The van der Waals surface area contributed by atoms with Crippen LogP contribution in [0.4, 0.5) is 0 Å². The molecule has 0 unspecified atom stereocenters. The number of nitrogens with zero attached hydrogens (tertiary/aromatic N) is 2. The Bertz CT molecular complexity index is 572. The number of carbonyl (C=O) groups is 2. The molecule has 0 saturated carbocycles. The fraction of sp³-hybridized carbons (Fsp3) is 0.529. The van der Waals surface area contributed by atoms with E-state index in [1.54, 1.807) is 47.9 Å². The van der Waals surface area contributed by atoms with Crippen molar-refractivity contribution >= 4 is 23.4 Å². The molecule has 1 heterocycles. The molecular formula is C17H23ClN2O3. The average molecular weight is 339 g/mol. The molecule has 0 bridgehead atoms. The van der Waals surface area contributed by atoms with Gasteiger partial charge in [0.25, 0.3) is 11.8 Å². The zero-order valence-corrected chi connectivity index (χ0v) is 14.6. The van der Waals surface area contributed by atoms with E-state index in [1.807, 2.05) is 0 Å². The summed E-state index contributed by atoms with van der Waals surface area (Å²) < 4.78 is 5.26. The lowest BCUT2D eigenvalue weighted by atomic mass is 10.1. The van der Waals surface area contributed by atoms with Crippen LogP contribution in [0.1, 0.15) is 30.6 Å². The van der Waals surface area contributed by atoms with E-state index < -0.39 is 5.60 Å². The quantitative estimate of drug-likeness (QED) is 0.850. The van der Waals surface area contributed by atoms with Gasteiger partial charge in [-0.15, -0.1) is 0 Å². The largest absolute Gasteiger partial charge is 0.369 e. The highest BCUT2D eigenvalue weighted by Gasteiger charge is 2.33. The molecule has 0 aliphatic carbocycles. The Labute approximate surface area is 142 Å². The van der Waals surface area contributed by atoms with Crippen molar-refractivity contribution in [1.82, 2.24) is 9.80 Å². The van der Waals surface area contributed by atoms with Crippen LogP contribution in [0.25, 0.3) is 0 Å². The molecule has 1 fully saturated rings.